The van der Waals surface area contributed by atoms with Crippen LogP contribution in [-0.2, 0) is 98.1 Å². The molecule has 0 fully saturated rings. The smallest absolute Gasteiger partial charge is 0.425 e. The van der Waals surface area contributed by atoms with E-state index in [1.807, 2.05) is 66.7 Å². The summed E-state index contributed by atoms with van der Waals surface area (Å²) in [7, 11) is -10.6. The third-order valence-corrected chi connectivity index (χ3v) is 18.6. The van der Waals surface area contributed by atoms with E-state index in [9.17, 15) is 56.7 Å². The fourth-order valence-electron chi connectivity index (χ4n) is 12.6. The molecule has 31 heteroatoms. The van der Waals surface area contributed by atoms with E-state index in [0.717, 1.165) is 72.3 Å². The minimum atomic E-state index is -4.36. The third-order valence-electron chi connectivity index (χ3n) is 17.8. The number of ether oxygens (including phenoxy) is 2. The topological polar surface area (TPSA) is 435 Å². The fourth-order valence-corrected chi connectivity index (χ4v) is 13.2. The van der Waals surface area contributed by atoms with E-state index in [1.165, 1.54) is 17.0 Å². The van der Waals surface area contributed by atoms with Gasteiger partial charge in [0.15, 0.2) is 11.5 Å². The molecule has 0 bridgehead atoms. The fraction of sp³-hybridized carbons (Fsp3) is 0.453. The maximum Gasteiger partial charge on any atom is 0.425 e. The number of unbranched alkanes of at least 4 members (excludes halogenated alkanes) is 3. The maximum absolute atomic E-state index is 14.2. The van der Waals surface area contributed by atoms with Crippen molar-refractivity contribution in [1.29, 1.82) is 0 Å². The van der Waals surface area contributed by atoms with Crippen molar-refractivity contribution < 1.29 is 111 Å². The summed E-state index contributed by atoms with van der Waals surface area (Å²) in [6.45, 7) is 12.6. The van der Waals surface area contributed by atoms with Gasteiger partial charge in [-0.3, -0.25) is 24.0 Å². The predicted octanol–water partition coefficient (Wildman–Crippen LogP) is 8.75. The molecule has 3 amide bonds. The summed E-state index contributed by atoms with van der Waals surface area (Å²) in [6.07, 6.45) is 15.0. The second kappa shape index (κ2) is 44.8. The van der Waals surface area contributed by atoms with E-state index >= 15 is 0 Å². The number of carbonyl (C=O) groups is 7. The summed E-state index contributed by atoms with van der Waals surface area (Å²) in [5.74, 6) is -5.07. The van der Waals surface area contributed by atoms with Crippen LogP contribution >= 0.6 is 0 Å². The lowest BCUT2D eigenvalue weighted by Gasteiger charge is -2.28. The molecule has 4 aromatic carbocycles. The highest BCUT2D eigenvalue weighted by atomic mass is 32.2. The van der Waals surface area contributed by atoms with Gasteiger partial charge in [-0.1, -0.05) is 112 Å². The molecule has 7 rings (SSSR count). The van der Waals surface area contributed by atoms with Gasteiger partial charge in [0.25, 0.3) is 0 Å². The molecular formula is C75H93N5O23S3. The number of allylic oxidation sites excluding steroid dienone is 7. The highest BCUT2D eigenvalue weighted by Crippen LogP contribution is 2.48. The SMILES string of the molecule is CCCCC[N+]1=C(C=CC2=C(Oc3ccc(C[C@H](CC(=O)[C@H](Cc4ccccc4)NC(=O)CCOCCCC(=O)CC[C@H](NC(=O)NCCCC(=O)O)C(=O)O)C(=O)O)cc3)C(=CC=C3N(CCCCS(=O)(=O)[O-])c4ccccc4C3(C)C)CCC2)C(C)(C)c2ccccc21.O=C=O.O=S(=O)=O.O=S(=O)=O. The van der Waals surface area contributed by atoms with Crippen molar-refractivity contribution in [2.75, 3.05) is 43.5 Å². The summed E-state index contributed by atoms with van der Waals surface area (Å²) < 4.78 is 101. The zero-order valence-electron chi connectivity index (χ0n) is 60.0. The Hall–Kier alpha value is -9.91. The number of amides is 3. The van der Waals surface area contributed by atoms with Crippen LogP contribution in [0.2, 0.25) is 0 Å². The number of aliphatic carboxylic acids is 3. The number of nitrogens with zero attached hydrogens (tertiary/aromatic N) is 2. The zero-order chi connectivity index (χ0) is 78.6. The molecule has 3 atom stereocenters. The molecule has 2 aliphatic heterocycles. The van der Waals surface area contributed by atoms with Crippen molar-refractivity contribution in [2.45, 2.75) is 173 Å². The van der Waals surface area contributed by atoms with Crippen molar-refractivity contribution in [3.63, 3.8) is 0 Å². The molecule has 106 heavy (non-hydrogen) atoms. The number of benzene rings is 4. The number of ketones is 2. The van der Waals surface area contributed by atoms with E-state index < -0.39 is 96.1 Å². The van der Waals surface area contributed by atoms with Gasteiger partial charge in [0, 0.05) is 98.5 Å². The van der Waals surface area contributed by atoms with Crippen molar-refractivity contribution in [2.24, 2.45) is 5.92 Å². The second-order valence-electron chi connectivity index (χ2n) is 26.2. The van der Waals surface area contributed by atoms with Crippen LogP contribution in [0.1, 0.15) is 160 Å². The Morgan fingerprint density at radius 1 is 0.679 bits per heavy atom. The summed E-state index contributed by atoms with van der Waals surface area (Å²) >= 11 is 0. The maximum atomic E-state index is 14.2. The molecule has 0 aromatic heterocycles. The first-order valence-corrected chi connectivity index (χ1v) is 38.2. The molecule has 4 aromatic rings. The van der Waals surface area contributed by atoms with Crippen molar-refractivity contribution in [3.8, 4) is 5.75 Å². The molecule has 0 unspecified atom stereocenters. The van der Waals surface area contributed by atoms with Crippen LogP contribution in [-0.4, -0.2) is 162 Å². The van der Waals surface area contributed by atoms with Crippen LogP contribution in [0.15, 0.2) is 150 Å². The normalized spacial score (nSPS) is 15.5. The number of rotatable bonds is 39. The molecular weight excluding hydrogens is 1440 g/mol. The minimum Gasteiger partial charge on any atom is -0.748 e. The molecule has 0 saturated heterocycles. The summed E-state index contributed by atoms with van der Waals surface area (Å²) in [6, 6.07) is 29.9. The standard InChI is InChI=1S/C74H93N5O15S.CO2.2O3S/c1-6-7-15-43-78-62-28-13-11-26-58(62)73(2,3)65(78)39-33-53-23-18-24-54(34-40-66-74(4,5)59-27-12-14-29-63(59)79(66)44-16-17-47-95(90,91)92)69(53)94-57-36-31-52(32-37-57)48-55(70(85)86)50-64(81)61(49-51-21-9-8-10-22-51)76-67(82)41-46-93-45-20-25-56(80)35-38-60(71(87)88)77-72(89)75-42-19-30-68(83)84;2-1-3;2*1-4(2)3/h8-14,21-22,26-29,31-34,36-37,39-40,55,60-61H,6-7,15-20,23-25,30,35,38,41-50H2,1-5H3,(H6-,75,76,77,82,83,84,85,86,87,88,89,90,91,92);;;/t55-,60+,61+;;;/m1.../s1. The largest absolute Gasteiger partial charge is 0.748 e. The van der Waals surface area contributed by atoms with Gasteiger partial charge < -0.3 is 50.2 Å². The lowest BCUT2D eigenvalue weighted by atomic mass is 9.81. The Balaban J connectivity index is 0.00000202. The molecule has 0 radical (unpaired) electrons. The number of Topliss-reactive ketones (excluding diaryl/α,β-unsaturated/α-hetero) is 2. The van der Waals surface area contributed by atoms with Crippen LogP contribution in [0.5, 0.6) is 5.75 Å². The second-order valence-corrected chi connectivity index (χ2v) is 28.6. The van der Waals surface area contributed by atoms with E-state index in [-0.39, 0.29) is 108 Å². The first-order valence-electron chi connectivity index (χ1n) is 34.6. The van der Waals surface area contributed by atoms with Crippen LogP contribution in [0, 0.1) is 5.92 Å². The Morgan fingerprint density at radius 3 is 1.94 bits per heavy atom. The Morgan fingerprint density at radius 2 is 1.31 bits per heavy atom. The predicted molar refractivity (Wildman–Crippen MR) is 387 cm³/mol. The van der Waals surface area contributed by atoms with Gasteiger partial charge in [-0.05, 0) is 143 Å². The number of hydrogen-bond donors (Lipinski definition) is 6. The van der Waals surface area contributed by atoms with Gasteiger partial charge in [0.2, 0.25) is 11.6 Å². The zero-order valence-corrected chi connectivity index (χ0v) is 62.4. The Kier molecular flexibility index (Phi) is 37.4. The minimum absolute atomic E-state index is 0.0117. The number of carbonyl (C=O) groups excluding carboxylic acids is 6. The first-order chi connectivity index (χ1) is 50.2. The summed E-state index contributed by atoms with van der Waals surface area (Å²) in [5, 5.41) is 36.4. The van der Waals surface area contributed by atoms with Gasteiger partial charge in [0.1, 0.15) is 29.9 Å². The van der Waals surface area contributed by atoms with Gasteiger partial charge in [-0.25, -0.2) is 18.0 Å². The lowest BCUT2D eigenvalue weighted by molar-refractivity contribution is -0.438. The van der Waals surface area contributed by atoms with Crippen molar-refractivity contribution in [1.82, 2.24) is 16.0 Å². The van der Waals surface area contributed by atoms with Crippen LogP contribution in [0.3, 0.4) is 0 Å². The van der Waals surface area contributed by atoms with E-state index in [2.05, 4.69) is 121 Å². The van der Waals surface area contributed by atoms with Gasteiger partial charge in [-0.15, -0.1) is 25.3 Å². The molecule has 0 saturated carbocycles. The van der Waals surface area contributed by atoms with E-state index in [0.29, 0.717) is 36.5 Å². The summed E-state index contributed by atoms with van der Waals surface area (Å²) in [4.78, 5) is 106. The number of hydrogen-bond acceptors (Lipinski definition) is 21. The number of nitrogens with one attached hydrogen (secondary N) is 3. The van der Waals surface area contributed by atoms with Crippen molar-refractivity contribution in [3.05, 3.63) is 172 Å². The number of carboxylic acid groups (broad SMARTS) is 3. The van der Waals surface area contributed by atoms with E-state index in [1.54, 1.807) is 0 Å². The van der Waals surface area contributed by atoms with E-state index in [4.69, 9.17) is 49.4 Å². The average molecular weight is 1530 g/mol. The number of para-hydroxylation sites is 2. The Labute approximate surface area is 620 Å². The number of carboxylic acids is 3. The van der Waals surface area contributed by atoms with Gasteiger partial charge in [0.05, 0.1) is 34.1 Å². The van der Waals surface area contributed by atoms with Gasteiger partial charge in [-0.2, -0.15) is 14.2 Å². The monoisotopic (exact) mass is 1530 g/mol. The molecule has 6 N–H and O–H groups in total. The van der Waals surface area contributed by atoms with Crippen LogP contribution in [0.4, 0.5) is 16.2 Å². The van der Waals surface area contributed by atoms with Crippen molar-refractivity contribution >= 4 is 96.0 Å². The van der Waals surface area contributed by atoms with Crippen LogP contribution in [0.25, 0.3) is 0 Å². The average Bonchev–Trinajstić information content (AvgIpc) is 1.60. The molecule has 28 nitrogen and oxygen atoms in total. The molecule has 1 aliphatic carbocycles. The van der Waals surface area contributed by atoms with Crippen LogP contribution < -0.4 is 25.6 Å². The lowest BCUT2D eigenvalue weighted by Crippen LogP contribution is -2.46. The number of fused-ring (bicyclic) bond motifs is 2. The number of anilines is 1. The third kappa shape index (κ3) is 30.3. The number of urea groups is 1. The highest BCUT2D eigenvalue weighted by Gasteiger charge is 2.44. The Bertz CT molecular complexity index is 4220. The molecule has 2 heterocycles. The molecule has 0 spiro atoms. The summed E-state index contributed by atoms with van der Waals surface area (Å²) in [5.41, 5.74) is 9.58. The quantitative estimate of drug-likeness (QED) is 0.0138. The molecule has 3 aliphatic rings. The molecule has 574 valence electrons. The van der Waals surface area contributed by atoms with Gasteiger partial charge >= 0.3 is 51.3 Å². The first kappa shape index (κ1) is 88.5. The highest BCUT2D eigenvalue weighted by molar-refractivity contribution is 7.85.